The largest absolute Gasteiger partial charge is 0.365 e. The molecule has 0 aliphatic carbocycles. The zero-order valence-electron chi connectivity index (χ0n) is 12.6. The summed E-state index contributed by atoms with van der Waals surface area (Å²) in [6, 6.07) is 1.86. The van der Waals surface area contributed by atoms with Crippen molar-refractivity contribution in [1.29, 1.82) is 0 Å². The van der Waals surface area contributed by atoms with Gasteiger partial charge in [0.05, 0.1) is 11.3 Å². The number of thiazole rings is 1. The maximum Gasteiger partial charge on any atom is 0.255 e. The molecule has 0 unspecified atom stereocenters. The minimum atomic E-state index is 0.125. The Morgan fingerprint density at radius 2 is 1.95 bits per heavy atom. The highest BCUT2D eigenvalue weighted by Crippen LogP contribution is 2.26. The van der Waals surface area contributed by atoms with Gasteiger partial charge in [0, 0.05) is 42.9 Å². The van der Waals surface area contributed by atoms with Gasteiger partial charge in [-0.2, -0.15) is 0 Å². The van der Waals surface area contributed by atoms with Gasteiger partial charge in [0.1, 0.15) is 0 Å². The van der Waals surface area contributed by atoms with Crippen molar-refractivity contribution in [1.82, 2.24) is 14.9 Å². The normalized spacial score (nSPS) is 15.6. The Kier molecular flexibility index (Phi) is 3.71. The Morgan fingerprint density at radius 3 is 2.48 bits per heavy atom. The molecule has 1 fully saturated rings. The van der Waals surface area contributed by atoms with E-state index in [0.29, 0.717) is 0 Å². The Labute approximate surface area is 128 Å². The van der Waals surface area contributed by atoms with Crippen LogP contribution in [0.3, 0.4) is 0 Å². The molecule has 6 heteroatoms. The summed E-state index contributed by atoms with van der Waals surface area (Å²) in [5, 5.41) is 1.08. The quantitative estimate of drug-likeness (QED) is 0.926. The van der Waals surface area contributed by atoms with E-state index in [0.717, 1.165) is 48.3 Å². The van der Waals surface area contributed by atoms with Crippen LogP contribution in [0.25, 0.3) is 0 Å². The van der Waals surface area contributed by atoms with Gasteiger partial charge in [0.15, 0.2) is 5.13 Å². The molecule has 0 saturated carbocycles. The zero-order chi connectivity index (χ0) is 15.0. The van der Waals surface area contributed by atoms with E-state index < -0.39 is 0 Å². The van der Waals surface area contributed by atoms with Gasteiger partial charge in [-0.05, 0) is 26.8 Å². The van der Waals surface area contributed by atoms with Gasteiger partial charge in [-0.25, -0.2) is 4.98 Å². The van der Waals surface area contributed by atoms with Crippen molar-refractivity contribution >= 4 is 22.4 Å². The van der Waals surface area contributed by atoms with E-state index in [4.69, 9.17) is 0 Å². The van der Waals surface area contributed by atoms with Gasteiger partial charge in [0.2, 0.25) is 0 Å². The summed E-state index contributed by atoms with van der Waals surface area (Å²) in [5.41, 5.74) is 2.83. The van der Waals surface area contributed by atoms with Crippen LogP contribution in [0.15, 0.2) is 12.3 Å². The fourth-order valence-electron chi connectivity index (χ4n) is 2.55. The summed E-state index contributed by atoms with van der Waals surface area (Å²) in [6.07, 6.45) is 1.82. The van der Waals surface area contributed by atoms with Gasteiger partial charge >= 0.3 is 0 Å². The van der Waals surface area contributed by atoms with E-state index in [1.54, 1.807) is 11.3 Å². The SMILES string of the molecule is Cc1nc(N2CCN(C(=O)c3cc[nH]c3C)CC2)sc1C. The highest BCUT2D eigenvalue weighted by molar-refractivity contribution is 7.15. The van der Waals surface area contributed by atoms with Gasteiger partial charge < -0.3 is 14.8 Å². The second-order valence-corrected chi connectivity index (χ2v) is 6.62. The van der Waals surface area contributed by atoms with E-state index in [1.807, 2.05) is 31.0 Å². The van der Waals surface area contributed by atoms with Crippen molar-refractivity contribution in [2.45, 2.75) is 20.8 Å². The van der Waals surface area contributed by atoms with Crippen molar-refractivity contribution < 1.29 is 4.79 Å². The van der Waals surface area contributed by atoms with E-state index in [9.17, 15) is 4.79 Å². The van der Waals surface area contributed by atoms with Crippen molar-refractivity contribution in [3.63, 3.8) is 0 Å². The molecule has 3 heterocycles. The van der Waals surface area contributed by atoms with Crippen molar-refractivity contribution in [2.24, 2.45) is 0 Å². The van der Waals surface area contributed by atoms with E-state index in [1.165, 1.54) is 4.88 Å². The number of amides is 1. The smallest absolute Gasteiger partial charge is 0.255 e. The molecule has 5 nitrogen and oxygen atoms in total. The maximum atomic E-state index is 12.5. The number of anilines is 1. The minimum Gasteiger partial charge on any atom is -0.365 e. The first-order chi connectivity index (χ1) is 10.1. The molecule has 1 aliphatic rings. The van der Waals surface area contributed by atoms with E-state index >= 15 is 0 Å². The maximum absolute atomic E-state index is 12.5. The van der Waals surface area contributed by atoms with Crippen LogP contribution in [-0.4, -0.2) is 47.0 Å². The monoisotopic (exact) mass is 304 g/mol. The molecule has 21 heavy (non-hydrogen) atoms. The summed E-state index contributed by atoms with van der Waals surface area (Å²) in [5.74, 6) is 0.125. The molecule has 112 valence electrons. The second-order valence-electron chi connectivity index (χ2n) is 5.43. The third-order valence-corrected chi connectivity index (χ3v) is 5.17. The van der Waals surface area contributed by atoms with Gasteiger partial charge in [0.25, 0.3) is 5.91 Å². The van der Waals surface area contributed by atoms with Crippen LogP contribution < -0.4 is 4.90 Å². The lowest BCUT2D eigenvalue weighted by Gasteiger charge is -2.34. The highest BCUT2D eigenvalue weighted by atomic mass is 32.1. The predicted molar refractivity (Wildman–Crippen MR) is 85.2 cm³/mol. The number of aryl methyl sites for hydroxylation is 3. The van der Waals surface area contributed by atoms with Crippen molar-refractivity contribution in [2.75, 3.05) is 31.1 Å². The molecule has 1 N–H and O–H groups in total. The molecule has 1 aliphatic heterocycles. The van der Waals surface area contributed by atoms with E-state index in [2.05, 4.69) is 21.8 Å². The lowest BCUT2D eigenvalue weighted by Crippen LogP contribution is -2.48. The fourth-order valence-corrected chi connectivity index (χ4v) is 3.51. The second kappa shape index (κ2) is 5.52. The summed E-state index contributed by atoms with van der Waals surface area (Å²) in [7, 11) is 0. The summed E-state index contributed by atoms with van der Waals surface area (Å²) < 4.78 is 0. The topological polar surface area (TPSA) is 52.2 Å². The number of rotatable bonds is 2. The number of aromatic nitrogens is 2. The van der Waals surface area contributed by atoms with Crippen LogP contribution in [0.4, 0.5) is 5.13 Å². The first kappa shape index (κ1) is 14.1. The third-order valence-electron chi connectivity index (χ3n) is 4.04. The molecule has 0 aromatic carbocycles. The van der Waals surface area contributed by atoms with Crippen molar-refractivity contribution in [3.8, 4) is 0 Å². The fraction of sp³-hybridized carbons (Fsp3) is 0.467. The Balaban J connectivity index is 1.65. The average molecular weight is 304 g/mol. The average Bonchev–Trinajstić information content (AvgIpc) is 3.05. The third kappa shape index (κ3) is 2.68. The zero-order valence-corrected chi connectivity index (χ0v) is 13.5. The van der Waals surface area contributed by atoms with Crippen LogP contribution in [0.1, 0.15) is 26.6 Å². The molecule has 1 saturated heterocycles. The first-order valence-electron chi connectivity index (χ1n) is 7.18. The molecule has 3 rings (SSSR count). The first-order valence-corrected chi connectivity index (χ1v) is 8.00. The molecule has 2 aromatic rings. The number of carbonyl (C=O) groups is 1. The lowest BCUT2D eigenvalue weighted by molar-refractivity contribution is 0.0746. The molecule has 2 aromatic heterocycles. The standard InChI is InChI=1S/C15H20N4OS/c1-10-12(3)21-15(17-10)19-8-6-18(7-9-19)14(20)13-4-5-16-11(13)2/h4-5,16H,6-9H2,1-3H3. The van der Waals surface area contributed by atoms with Crippen LogP contribution >= 0.6 is 11.3 Å². The van der Waals surface area contributed by atoms with Crippen LogP contribution in [0, 0.1) is 20.8 Å². The Bertz CT molecular complexity index is 633. The summed E-state index contributed by atoms with van der Waals surface area (Å²) >= 11 is 1.74. The van der Waals surface area contributed by atoms with Crippen LogP contribution in [0.2, 0.25) is 0 Å². The Hall–Kier alpha value is -1.82. The van der Waals surface area contributed by atoms with Gasteiger partial charge in [-0.3, -0.25) is 4.79 Å². The molecule has 0 bridgehead atoms. The lowest BCUT2D eigenvalue weighted by atomic mass is 10.2. The number of hydrogen-bond acceptors (Lipinski definition) is 4. The number of piperazine rings is 1. The number of carbonyl (C=O) groups excluding carboxylic acids is 1. The number of hydrogen-bond donors (Lipinski definition) is 1. The van der Waals surface area contributed by atoms with Gasteiger partial charge in [-0.15, -0.1) is 11.3 Å². The van der Waals surface area contributed by atoms with Gasteiger partial charge in [-0.1, -0.05) is 0 Å². The van der Waals surface area contributed by atoms with Crippen LogP contribution in [0.5, 0.6) is 0 Å². The molecule has 0 atom stereocenters. The van der Waals surface area contributed by atoms with Crippen LogP contribution in [-0.2, 0) is 0 Å². The van der Waals surface area contributed by atoms with E-state index in [-0.39, 0.29) is 5.91 Å². The summed E-state index contributed by atoms with van der Waals surface area (Å²) in [6.45, 7) is 9.28. The molecular formula is C15H20N4OS. The molecule has 0 radical (unpaired) electrons. The molecule has 1 amide bonds. The van der Waals surface area contributed by atoms with Crippen molar-refractivity contribution in [3.05, 3.63) is 34.1 Å². The Morgan fingerprint density at radius 1 is 1.24 bits per heavy atom. The number of nitrogens with zero attached hydrogens (tertiary/aromatic N) is 3. The molecular weight excluding hydrogens is 284 g/mol. The predicted octanol–water partition coefficient (Wildman–Crippen LogP) is 2.36. The number of nitrogens with one attached hydrogen (secondary N) is 1. The number of aromatic amines is 1. The highest BCUT2D eigenvalue weighted by Gasteiger charge is 2.24. The number of H-pyrrole nitrogens is 1. The molecule has 0 spiro atoms. The summed E-state index contributed by atoms with van der Waals surface area (Å²) in [4.78, 5) is 25.6. The minimum absolute atomic E-state index is 0.125.